The van der Waals surface area contributed by atoms with Crippen LogP contribution in [0.3, 0.4) is 0 Å². The number of benzene rings is 4. The fourth-order valence-electron chi connectivity index (χ4n) is 3.23. The Kier molecular flexibility index (Phi) is 5.92. The molecule has 0 bridgehead atoms. The fourth-order valence-corrected chi connectivity index (χ4v) is 3.23. The molecule has 4 aromatic rings. The zero-order valence-electron chi connectivity index (χ0n) is 16.7. The number of para-hydroxylation sites is 2. The Labute approximate surface area is 180 Å². The van der Waals surface area contributed by atoms with Gasteiger partial charge in [0.25, 0.3) is 5.91 Å². The summed E-state index contributed by atoms with van der Waals surface area (Å²) in [5, 5.41) is 21.0. The van der Waals surface area contributed by atoms with Crippen LogP contribution >= 0.6 is 0 Å². The molecule has 0 spiro atoms. The summed E-state index contributed by atoms with van der Waals surface area (Å²) in [6.07, 6.45) is 0. The lowest BCUT2D eigenvalue weighted by molar-refractivity contribution is -0.112. The summed E-state index contributed by atoms with van der Waals surface area (Å²) in [4.78, 5) is 13.1. The predicted octanol–water partition coefficient (Wildman–Crippen LogP) is 5.74. The zero-order valence-corrected chi connectivity index (χ0v) is 16.7. The molecule has 5 heteroatoms. The second-order valence-electron chi connectivity index (χ2n) is 6.82. The maximum Gasteiger partial charge on any atom is 0.270 e. The Morgan fingerprint density at radius 2 is 1.19 bits per heavy atom. The van der Waals surface area contributed by atoms with E-state index in [2.05, 4.69) is 22.0 Å². The van der Waals surface area contributed by atoms with E-state index in [1.54, 1.807) is 0 Å². The first-order valence-electron chi connectivity index (χ1n) is 9.82. The van der Waals surface area contributed by atoms with Crippen LogP contribution in [0.1, 0.15) is 0 Å². The van der Waals surface area contributed by atoms with Gasteiger partial charge >= 0.3 is 0 Å². The molecule has 0 atom stereocenters. The van der Waals surface area contributed by atoms with E-state index in [1.165, 1.54) is 0 Å². The summed E-state index contributed by atoms with van der Waals surface area (Å²) >= 11 is 0. The number of fused-ring (bicyclic) bond motifs is 1. The number of anilines is 3. The van der Waals surface area contributed by atoms with E-state index < -0.39 is 5.91 Å². The van der Waals surface area contributed by atoms with Crippen LogP contribution in [-0.2, 0) is 4.79 Å². The van der Waals surface area contributed by atoms with Crippen molar-refractivity contribution >= 4 is 33.7 Å². The zero-order chi connectivity index (χ0) is 21.5. The predicted molar refractivity (Wildman–Crippen MR) is 125 cm³/mol. The van der Waals surface area contributed by atoms with Crippen molar-refractivity contribution < 1.29 is 4.79 Å². The number of nitrogens with zero attached hydrogens (tertiary/aromatic N) is 1. The lowest BCUT2D eigenvalue weighted by Gasteiger charge is -2.16. The number of rotatable bonds is 6. The third-order valence-electron chi connectivity index (χ3n) is 4.71. The van der Waals surface area contributed by atoms with Gasteiger partial charge in [-0.15, -0.1) is 0 Å². The summed E-state index contributed by atoms with van der Waals surface area (Å²) in [5.41, 5.74) is 2.11. The molecule has 0 heterocycles. The molecule has 0 saturated heterocycles. The van der Waals surface area contributed by atoms with Gasteiger partial charge in [-0.05, 0) is 35.7 Å². The normalized spacial score (nSPS) is 10.0. The number of carbonyl (C=O) groups excluding carboxylic acids is 1. The first-order valence-corrected chi connectivity index (χ1v) is 9.82. The molecule has 0 aliphatic carbocycles. The smallest absolute Gasteiger partial charge is 0.270 e. The average Bonchev–Trinajstić information content (AvgIpc) is 2.81. The minimum atomic E-state index is -0.499. The lowest BCUT2D eigenvalue weighted by Crippen LogP contribution is -2.21. The summed E-state index contributed by atoms with van der Waals surface area (Å²) in [6.45, 7) is 0. The van der Waals surface area contributed by atoms with E-state index in [0.717, 1.165) is 22.1 Å². The van der Waals surface area contributed by atoms with E-state index in [1.807, 2.05) is 103 Å². The molecule has 5 nitrogen and oxygen atoms in total. The SMILES string of the molecule is N#CC(C(=O)Nc1cccc2ccccc12)=C(Nc1ccccc1)Nc1ccccc1. The van der Waals surface area contributed by atoms with Crippen molar-refractivity contribution in [3.63, 3.8) is 0 Å². The van der Waals surface area contributed by atoms with Gasteiger partial charge in [0.2, 0.25) is 0 Å². The van der Waals surface area contributed by atoms with Crippen LogP contribution in [-0.4, -0.2) is 5.91 Å². The van der Waals surface area contributed by atoms with Gasteiger partial charge in [0.15, 0.2) is 5.57 Å². The van der Waals surface area contributed by atoms with E-state index >= 15 is 0 Å². The molecule has 0 aromatic heterocycles. The second kappa shape index (κ2) is 9.29. The Morgan fingerprint density at radius 3 is 1.81 bits per heavy atom. The molecular formula is C26H20N4O. The summed E-state index contributed by atoms with van der Waals surface area (Å²) in [5.74, 6) is -0.196. The van der Waals surface area contributed by atoms with E-state index in [-0.39, 0.29) is 5.57 Å². The van der Waals surface area contributed by atoms with Crippen molar-refractivity contribution in [2.24, 2.45) is 0 Å². The summed E-state index contributed by atoms with van der Waals surface area (Å²) in [7, 11) is 0. The fraction of sp³-hybridized carbons (Fsp3) is 0. The summed E-state index contributed by atoms with van der Waals surface area (Å²) in [6, 6.07) is 34.3. The molecule has 0 aliphatic rings. The number of nitrogens with one attached hydrogen (secondary N) is 3. The van der Waals surface area contributed by atoms with Crippen LogP contribution in [0.15, 0.2) is 115 Å². The van der Waals surface area contributed by atoms with Crippen LogP contribution in [0.25, 0.3) is 10.8 Å². The van der Waals surface area contributed by atoms with Crippen LogP contribution in [0.2, 0.25) is 0 Å². The second-order valence-corrected chi connectivity index (χ2v) is 6.82. The molecule has 1 amide bonds. The maximum absolute atomic E-state index is 13.1. The average molecular weight is 404 g/mol. The van der Waals surface area contributed by atoms with Gasteiger partial charge in [-0.2, -0.15) is 5.26 Å². The lowest BCUT2D eigenvalue weighted by atomic mass is 10.1. The van der Waals surface area contributed by atoms with Gasteiger partial charge in [-0.3, -0.25) is 4.79 Å². The maximum atomic E-state index is 13.1. The third kappa shape index (κ3) is 4.72. The highest BCUT2D eigenvalue weighted by molar-refractivity contribution is 6.11. The molecule has 0 saturated carbocycles. The first-order chi connectivity index (χ1) is 15.2. The standard InChI is InChI=1S/C26H20N4O/c27-18-23(26(31)30-24-17-9-11-19-10-7-8-16-22(19)24)25(28-20-12-3-1-4-13-20)29-21-14-5-2-6-15-21/h1-17,28-29H,(H,30,31). The number of nitriles is 1. The molecule has 4 aromatic carbocycles. The monoisotopic (exact) mass is 404 g/mol. The van der Waals surface area contributed by atoms with Crippen LogP contribution in [0.4, 0.5) is 17.1 Å². The molecule has 150 valence electrons. The minimum Gasteiger partial charge on any atom is -0.341 e. The van der Waals surface area contributed by atoms with Crippen molar-refractivity contribution in [2.45, 2.75) is 0 Å². The van der Waals surface area contributed by atoms with Gasteiger partial charge in [0.05, 0.1) is 0 Å². The van der Waals surface area contributed by atoms with E-state index in [9.17, 15) is 10.1 Å². The van der Waals surface area contributed by atoms with Crippen molar-refractivity contribution in [1.29, 1.82) is 5.26 Å². The van der Waals surface area contributed by atoms with Gasteiger partial charge in [0.1, 0.15) is 11.9 Å². The Morgan fingerprint density at radius 1 is 0.645 bits per heavy atom. The number of hydrogen-bond donors (Lipinski definition) is 3. The van der Waals surface area contributed by atoms with Crippen molar-refractivity contribution in [3.8, 4) is 6.07 Å². The Bertz CT molecular complexity index is 1230. The highest BCUT2D eigenvalue weighted by Crippen LogP contribution is 2.24. The molecule has 0 fully saturated rings. The van der Waals surface area contributed by atoms with Gasteiger partial charge in [0, 0.05) is 22.4 Å². The van der Waals surface area contributed by atoms with E-state index in [4.69, 9.17) is 0 Å². The van der Waals surface area contributed by atoms with Gasteiger partial charge in [-0.25, -0.2) is 0 Å². The van der Waals surface area contributed by atoms with E-state index in [0.29, 0.717) is 11.5 Å². The molecule has 0 aliphatic heterocycles. The van der Waals surface area contributed by atoms with Crippen LogP contribution < -0.4 is 16.0 Å². The van der Waals surface area contributed by atoms with Crippen molar-refractivity contribution in [1.82, 2.24) is 0 Å². The third-order valence-corrected chi connectivity index (χ3v) is 4.71. The molecule has 0 unspecified atom stereocenters. The molecule has 31 heavy (non-hydrogen) atoms. The van der Waals surface area contributed by atoms with Gasteiger partial charge < -0.3 is 16.0 Å². The van der Waals surface area contributed by atoms with Crippen LogP contribution in [0, 0.1) is 11.3 Å². The minimum absolute atomic E-state index is 0.0550. The highest BCUT2D eigenvalue weighted by Gasteiger charge is 2.17. The largest absolute Gasteiger partial charge is 0.341 e. The first kappa shape index (κ1) is 19.7. The number of hydrogen-bond acceptors (Lipinski definition) is 4. The van der Waals surface area contributed by atoms with Gasteiger partial charge in [-0.1, -0.05) is 72.8 Å². The summed E-state index contributed by atoms with van der Waals surface area (Å²) < 4.78 is 0. The number of amides is 1. The highest BCUT2D eigenvalue weighted by atomic mass is 16.1. The quantitative estimate of drug-likeness (QED) is 0.283. The molecular weight excluding hydrogens is 384 g/mol. The number of carbonyl (C=O) groups is 1. The van der Waals surface area contributed by atoms with Crippen molar-refractivity contribution in [3.05, 3.63) is 115 Å². The Balaban J connectivity index is 1.71. The van der Waals surface area contributed by atoms with Crippen LogP contribution in [0.5, 0.6) is 0 Å². The molecule has 0 radical (unpaired) electrons. The topological polar surface area (TPSA) is 77.0 Å². The molecule has 4 rings (SSSR count). The molecule has 3 N–H and O–H groups in total. The van der Waals surface area contributed by atoms with Crippen molar-refractivity contribution in [2.75, 3.05) is 16.0 Å². The Hall–Kier alpha value is -4.56.